The molecule has 3 aromatic carbocycles. The first-order chi connectivity index (χ1) is 16.1. The Hall–Kier alpha value is -4.06. The quantitative estimate of drug-likeness (QED) is 0.326. The van der Waals surface area contributed by atoms with E-state index in [4.69, 9.17) is 19.0 Å². The number of carboxylic acid groups (broad SMARTS) is 1. The minimum atomic E-state index is -1.31. The molecule has 0 radical (unpaired) electrons. The van der Waals surface area contributed by atoms with Gasteiger partial charge in [-0.25, -0.2) is 4.79 Å². The molecule has 4 aromatic rings. The van der Waals surface area contributed by atoms with Crippen molar-refractivity contribution in [3.63, 3.8) is 0 Å². The van der Waals surface area contributed by atoms with E-state index < -0.39 is 17.2 Å². The Morgan fingerprint density at radius 3 is 2.39 bits per heavy atom. The predicted molar refractivity (Wildman–Crippen MR) is 125 cm³/mol. The van der Waals surface area contributed by atoms with Crippen molar-refractivity contribution in [3.05, 3.63) is 106 Å². The van der Waals surface area contributed by atoms with E-state index in [2.05, 4.69) is 24.3 Å². The smallest absolute Gasteiger partial charge is 0.371 e. The van der Waals surface area contributed by atoms with Gasteiger partial charge in [0.15, 0.2) is 16.8 Å². The SMILES string of the molecule is O=C(O)c1cc(=O)c2cccc(OCc3ccc(OCCCCc4ccccc4)cc3)c2o1. The highest BCUT2D eigenvalue weighted by Gasteiger charge is 2.14. The van der Waals surface area contributed by atoms with Crippen LogP contribution >= 0.6 is 0 Å². The van der Waals surface area contributed by atoms with Crippen LogP contribution in [0.2, 0.25) is 0 Å². The van der Waals surface area contributed by atoms with E-state index in [1.54, 1.807) is 18.2 Å². The van der Waals surface area contributed by atoms with Gasteiger partial charge in [0.05, 0.1) is 12.0 Å². The molecule has 0 saturated carbocycles. The molecule has 0 aliphatic carbocycles. The minimum absolute atomic E-state index is 0.123. The summed E-state index contributed by atoms with van der Waals surface area (Å²) in [4.78, 5) is 23.4. The van der Waals surface area contributed by atoms with Crippen LogP contribution in [0.25, 0.3) is 11.0 Å². The molecule has 6 heteroatoms. The summed E-state index contributed by atoms with van der Waals surface area (Å²) in [6, 6.07) is 23.9. The minimum Gasteiger partial charge on any atom is -0.494 e. The van der Waals surface area contributed by atoms with Crippen LogP contribution in [-0.2, 0) is 13.0 Å². The van der Waals surface area contributed by atoms with Crippen molar-refractivity contribution in [2.75, 3.05) is 6.61 Å². The van der Waals surface area contributed by atoms with Crippen molar-refractivity contribution in [2.45, 2.75) is 25.9 Å². The third-order valence-electron chi connectivity index (χ3n) is 5.22. The summed E-state index contributed by atoms with van der Waals surface area (Å²) in [5.41, 5.74) is 1.94. The monoisotopic (exact) mass is 444 g/mol. The second kappa shape index (κ2) is 10.5. The van der Waals surface area contributed by atoms with Crippen LogP contribution in [0, 0.1) is 0 Å². The van der Waals surface area contributed by atoms with Gasteiger partial charge >= 0.3 is 5.97 Å². The second-order valence-electron chi connectivity index (χ2n) is 7.64. The van der Waals surface area contributed by atoms with Crippen molar-refractivity contribution < 1.29 is 23.8 Å². The molecule has 0 atom stereocenters. The molecule has 0 fully saturated rings. The van der Waals surface area contributed by atoms with Gasteiger partial charge in [-0.1, -0.05) is 48.5 Å². The molecular formula is C27H24O6. The van der Waals surface area contributed by atoms with Crippen LogP contribution in [0.5, 0.6) is 11.5 Å². The number of carboxylic acids is 1. The first-order valence-corrected chi connectivity index (χ1v) is 10.8. The Balaban J connectivity index is 1.31. The Morgan fingerprint density at radius 1 is 0.848 bits per heavy atom. The summed E-state index contributed by atoms with van der Waals surface area (Å²) in [5.74, 6) is -0.625. The molecule has 6 nitrogen and oxygen atoms in total. The summed E-state index contributed by atoms with van der Waals surface area (Å²) in [6.07, 6.45) is 3.09. The van der Waals surface area contributed by atoms with E-state index in [1.807, 2.05) is 30.3 Å². The molecule has 0 aliphatic rings. The maximum Gasteiger partial charge on any atom is 0.371 e. The van der Waals surface area contributed by atoms with Crippen LogP contribution < -0.4 is 14.9 Å². The molecule has 168 valence electrons. The molecule has 1 aromatic heterocycles. The molecule has 4 rings (SSSR count). The first kappa shape index (κ1) is 22.1. The van der Waals surface area contributed by atoms with Crippen LogP contribution in [0.15, 0.2) is 88.1 Å². The Kier molecular flexibility index (Phi) is 7.05. The molecule has 1 heterocycles. The Morgan fingerprint density at radius 2 is 1.64 bits per heavy atom. The highest BCUT2D eigenvalue weighted by atomic mass is 16.5. The predicted octanol–water partition coefficient (Wildman–Crippen LogP) is 5.47. The lowest BCUT2D eigenvalue weighted by atomic mass is 10.1. The van der Waals surface area contributed by atoms with Crippen molar-refractivity contribution in [2.24, 2.45) is 0 Å². The van der Waals surface area contributed by atoms with Gasteiger partial charge in [0.1, 0.15) is 12.4 Å². The fourth-order valence-corrected chi connectivity index (χ4v) is 3.48. The number of aryl methyl sites for hydroxylation is 1. The molecule has 0 bridgehead atoms. The molecular weight excluding hydrogens is 420 g/mol. The van der Waals surface area contributed by atoms with Gasteiger partial charge in [-0.2, -0.15) is 0 Å². The zero-order chi connectivity index (χ0) is 23.0. The number of unbranched alkanes of at least 4 members (excludes halogenated alkanes) is 1. The van der Waals surface area contributed by atoms with E-state index in [0.29, 0.717) is 12.4 Å². The summed E-state index contributed by atoms with van der Waals surface area (Å²) in [6.45, 7) is 0.890. The molecule has 0 aliphatic heterocycles. The van der Waals surface area contributed by atoms with Gasteiger partial charge in [0.25, 0.3) is 0 Å². The lowest BCUT2D eigenvalue weighted by molar-refractivity contribution is 0.0662. The Labute approximate surface area is 191 Å². The number of hydrogen-bond acceptors (Lipinski definition) is 5. The second-order valence-corrected chi connectivity index (χ2v) is 7.64. The standard InChI is InChI=1S/C27H24O6/c28-23-17-25(27(29)30)33-26-22(23)10-6-11-24(26)32-18-20-12-14-21(15-13-20)31-16-5-4-9-19-7-2-1-3-8-19/h1-3,6-8,10-15,17H,4-5,9,16,18H2,(H,29,30). The fraction of sp³-hybridized carbons (Fsp3) is 0.185. The number of fused-ring (bicyclic) bond motifs is 1. The maximum absolute atomic E-state index is 12.2. The topological polar surface area (TPSA) is 86.0 Å². The highest BCUT2D eigenvalue weighted by Crippen LogP contribution is 2.26. The van der Waals surface area contributed by atoms with E-state index in [1.165, 1.54) is 5.56 Å². The maximum atomic E-state index is 12.2. The number of carbonyl (C=O) groups is 1. The summed E-state index contributed by atoms with van der Waals surface area (Å²) in [7, 11) is 0. The Bertz CT molecular complexity index is 1280. The number of ether oxygens (including phenoxy) is 2. The zero-order valence-electron chi connectivity index (χ0n) is 18.0. The number of benzene rings is 3. The highest BCUT2D eigenvalue weighted by molar-refractivity contribution is 5.89. The van der Waals surface area contributed by atoms with Crippen LogP contribution in [0.1, 0.15) is 34.5 Å². The summed E-state index contributed by atoms with van der Waals surface area (Å²) >= 11 is 0. The van der Waals surface area contributed by atoms with Crippen molar-refractivity contribution in [1.82, 2.24) is 0 Å². The third-order valence-corrected chi connectivity index (χ3v) is 5.22. The van der Waals surface area contributed by atoms with Gasteiger partial charge in [0, 0.05) is 6.07 Å². The van der Waals surface area contributed by atoms with E-state index in [0.717, 1.165) is 36.6 Å². The van der Waals surface area contributed by atoms with Gasteiger partial charge in [-0.15, -0.1) is 0 Å². The van der Waals surface area contributed by atoms with Crippen molar-refractivity contribution >= 4 is 16.9 Å². The fourth-order valence-electron chi connectivity index (χ4n) is 3.48. The molecule has 0 saturated heterocycles. The van der Waals surface area contributed by atoms with Gasteiger partial charge in [0.2, 0.25) is 5.76 Å². The van der Waals surface area contributed by atoms with Crippen molar-refractivity contribution in [1.29, 1.82) is 0 Å². The van der Waals surface area contributed by atoms with Gasteiger partial charge in [-0.3, -0.25) is 4.79 Å². The first-order valence-electron chi connectivity index (χ1n) is 10.8. The van der Waals surface area contributed by atoms with Crippen LogP contribution in [-0.4, -0.2) is 17.7 Å². The normalized spacial score (nSPS) is 10.8. The zero-order valence-corrected chi connectivity index (χ0v) is 18.0. The van der Waals surface area contributed by atoms with Gasteiger partial charge < -0.3 is 19.0 Å². The summed E-state index contributed by atoms with van der Waals surface area (Å²) in [5, 5.41) is 9.42. The van der Waals surface area contributed by atoms with Crippen molar-refractivity contribution in [3.8, 4) is 11.5 Å². The number of hydrogen-bond donors (Lipinski definition) is 1. The average Bonchev–Trinajstić information content (AvgIpc) is 2.84. The van der Waals surface area contributed by atoms with E-state index in [9.17, 15) is 9.59 Å². The molecule has 0 amide bonds. The molecule has 0 unspecified atom stereocenters. The lowest BCUT2D eigenvalue weighted by Gasteiger charge is -2.10. The molecule has 0 spiro atoms. The third kappa shape index (κ3) is 5.80. The number of rotatable bonds is 10. The van der Waals surface area contributed by atoms with Crippen LogP contribution in [0.4, 0.5) is 0 Å². The molecule has 33 heavy (non-hydrogen) atoms. The lowest BCUT2D eigenvalue weighted by Crippen LogP contribution is -2.07. The number of aromatic carboxylic acids is 1. The van der Waals surface area contributed by atoms with E-state index in [-0.39, 0.29) is 17.6 Å². The van der Waals surface area contributed by atoms with Crippen LogP contribution in [0.3, 0.4) is 0 Å². The average molecular weight is 444 g/mol. The largest absolute Gasteiger partial charge is 0.494 e. The number of para-hydroxylation sites is 1. The summed E-state index contributed by atoms with van der Waals surface area (Å²) < 4.78 is 17.0. The molecule has 1 N–H and O–H groups in total. The van der Waals surface area contributed by atoms with E-state index >= 15 is 0 Å². The van der Waals surface area contributed by atoms with Gasteiger partial charge in [-0.05, 0) is 54.7 Å².